The van der Waals surface area contributed by atoms with Gasteiger partial charge in [0.1, 0.15) is 18.1 Å². The van der Waals surface area contributed by atoms with E-state index in [1.54, 1.807) is 20.8 Å². The van der Waals surface area contributed by atoms with Gasteiger partial charge < -0.3 is 9.47 Å². The van der Waals surface area contributed by atoms with Crippen molar-refractivity contribution in [2.45, 2.75) is 27.1 Å². The Morgan fingerprint density at radius 1 is 1.25 bits per heavy atom. The van der Waals surface area contributed by atoms with Crippen LogP contribution in [0.15, 0.2) is 22.7 Å². The van der Waals surface area contributed by atoms with Crippen molar-refractivity contribution >= 4 is 21.7 Å². The van der Waals surface area contributed by atoms with Crippen LogP contribution in [-0.4, -0.2) is 18.8 Å². The van der Waals surface area contributed by atoms with Gasteiger partial charge in [-0.25, -0.2) is 0 Å². The number of benzene rings is 1. The second-order valence-corrected chi connectivity index (χ2v) is 5.96. The summed E-state index contributed by atoms with van der Waals surface area (Å²) in [6, 6.07) is 3.74. The Labute approximate surface area is 123 Å². The van der Waals surface area contributed by atoms with Gasteiger partial charge in [-0.1, -0.05) is 20.8 Å². The predicted molar refractivity (Wildman–Crippen MR) is 70.8 cm³/mol. The minimum atomic E-state index is -4.76. The molecular formula is C13H14BrF3O3. The monoisotopic (exact) mass is 354 g/mol. The first-order chi connectivity index (χ1) is 8.99. The van der Waals surface area contributed by atoms with Gasteiger partial charge in [-0.2, -0.15) is 0 Å². The van der Waals surface area contributed by atoms with Gasteiger partial charge >= 0.3 is 6.36 Å². The van der Waals surface area contributed by atoms with E-state index < -0.39 is 11.8 Å². The number of carbonyl (C=O) groups excluding carboxylic acids is 1. The van der Waals surface area contributed by atoms with E-state index in [4.69, 9.17) is 4.74 Å². The molecule has 0 bridgehead atoms. The number of halogens is 4. The molecule has 0 amide bonds. The second kappa shape index (κ2) is 6.03. The Balaban J connectivity index is 2.71. The van der Waals surface area contributed by atoms with Crippen molar-refractivity contribution < 1.29 is 27.4 Å². The standard InChI is InChI=1S/C13H14BrF3O3/c1-12(2,3)11(18)7-19-8-4-5-10(9(14)6-8)20-13(15,16)17/h4-6H,7H2,1-3H3. The van der Waals surface area contributed by atoms with Crippen molar-refractivity contribution in [1.82, 2.24) is 0 Å². The quantitative estimate of drug-likeness (QED) is 0.806. The van der Waals surface area contributed by atoms with Gasteiger partial charge in [0.15, 0.2) is 5.78 Å². The fraction of sp³-hybridized carbons (Fsp3) is 0.462. The van der Waals surface area contributed by atoms with Crippen LogP contribution in [0.25, 0.3) is 0 Å². The molecule has 112 valence electrons. The minimum Gasteiger partial charge on any atom is -0.486 e. The zero-order valence-electron chi connectivity index (χ0n) is 11.2. The molecule has 7 heteroatoms. The Morgan fingerprint density at radius 2 is 1.85 bits per heavy atom. The van der Waals surface area contributed by atoms with Crippen LogP contribution in [0.2, 0.25) is 0 Å². The molecule has 0 heterocycles. The highest BCUT2D eigenvalue weighted by Crippen LogP contribution is 2.33. The molecule has 1 aromatic rings. The molecule has 0 aliphatic rings. The smallest absolute Gasteiger partial charge is 0.486 e. The van der Waals surface area contributed by atoms with Gasteiger partial charge in [0.2, 0.25) is 0 Å². The summed E-state index contributed by atoms with van der Waals surface area (Å²) in [5.41, 5.74) is -0.531. The largest absolute Gasteiger partial charge is 0.573 e. The Kier molecular flexibility index (Phi) is 5.07. The summed E-state index contributed by atoms with van der Waals surface area (Å²) >= 11 is 2.96. The number of hydrogen-bond donors (Lipinski definition) is 0. The lowest BCUT2D eigenvalue weighted by atomic mass is 9.91. The molecule has 0 aliphatic heterocycles. The first kappa shape index (κ1) is 16.8. The summed E-state index contributed by atoms with van der Waals surface area (Å²) in [5.74, 6) is -0.194. The fourth-order valence-corrected chi connectivity index (χ4v) is 1.58. The number of Topliss-reactive ketones (excluding diaryl/α,β-unsaturated/α-hetero) is 1. The van der Waals surface area contributed by atoms with E-state index in [1.807, 2.05) is 0 Å². The number of hydrogen-bond acceptors (Lipinski definition) is 3. The van der Waals surface area contributed by atoms with Crippen LogP contribution in [0.5, 0.6) is 11.5 Å². The summed E-state index contributed by atoms with van der Waals surface area (Å²) < 4.78 is 45.4. The number of carbonyl (C=O) groups is 1. The van der Waals surface area contributed by atoms with E-state index >= 15 is 0 Å². The van der Waals surface area contributed by atoms with Gasteiger partial charge in [0.05, 0.1) is 4.47 Å². The van der Waals surface area contributed by atoms with Gasteiger partial charge in [0.25, 0.3) is 0 Å². The fourth-order valence-electron chi connectivity index (χ4n) is 1.14. The SMILES string of the molecule is CC(C)(C)C(=O)COc1ccc(OC(F)(F)F)c(Br)c1. The highest BCUT2D eigenvalue weighted by molar-refractivity contribution is 9.10. The lowest BCUT2D eigenvalue weighted by molar-refractivity contribution is -0.274. The molecule has 0 aromatic heterocycles. The molecule has 0 spiro atoms. The van der Waals surface area contributed by atoms with Crippen molar-refractivity contribution in [3.05, 3.63) is 22.7 Å². The van der Waals surface area contributed by atoms with Crippen LogP contribution in [0.1, 0.15) is 20.8 Å². The summed E-state index contributed by atoms with van der Waals surface area (Å²) in [5, 5.41) is 0. The van der Waals surface area contributed by atoms with Crippen LogP contribution in [0.3, 0.4) is 0 Å². The summed E-state index contributed by atoms with van der Waals surface area (Å²) in [6.45, 7) is 5.13. The highest BCUT2D eigenvalue weighted by atomic mass is 79.9. The van der Waals surface area contributed by atoms with Gasteiger partial charge in [-0.15, -0.1) is 13.2 Å². The number of ketones is 1. The maximum absolute atomic E-state index is 12.1. The molecule has 1 aromatic carbocycles. The van der Waals surface area contributed by atoms with Gasteiger partial charge in [-0.05, 0) is 34.1 Å². The number of ether oxygens (including phenoxy) is 2. The molecular weight excluding hydrogens is 341 g/mol. The zero-order valence-corrected chi connectivity index (χ0v) is 12.8. The maximum atomic E-state index is 12.1. The molecule has 0 saturated heterocycles. The summed E-state index contributed by atoms with van der Waals surface area (Å²) in [4.78, 5) is 11.7. The molecule has 0 N–H and O–H groups in total. The van der Waals surface area contributed by atoms with Crippen molar-refractivity contribution in [3.8, 4) is 11.5 Å². The van der Waals surface area contributed by atoms with E-state index in [2.05, 4.69) is 20.7 Å². The molecule has 0 aliphatic carbocycles. The van der Waals surface area contributed by atoms with Crippen molar-refractivity contribution in [2.24, 2.45) is 5.41 Å². The molecule has 0 fully saturated rings. The van der Waals surface area contributed by atoms with Crippen LogP contribution < -0.4 is 9.47 Å². The average molecular weight is 355 g/mol. The van der Waals surface area contributed by atoms with E-state index in [9.17, 15) is 18.0 Å². The van der Waals surface area contributed by atoms with Crippen molar-refractivity contribution in [2.75, 3.05) is 6.61 Å². The first-order valence-corrected chi connectivity index (χ1v) is 6.50. The van der Waals surface area contributed by atoms with Crippen LogP contribution in [0, 0.1) is 5.41 Å². The zero-order chi connectivity index (χ0) is 15.6. The Hall–Kier alpha value is -1.24. The molecule has 0 atom stereocenters. The normalized spacial score (nSPS) is 12.2. The lowest BCUT2D eigenvalue weighted by Crippen LogP contribution is -2.26. The van der Waals surface area contributed by atoms with Crippen LogP contribution >= 0.6 is 15.9 Å². The molecule has 1 rings (SSSR count). The summed E-state index contributed by atoms with van der Waals surface area (Å²) in [7, 11) is 0. The van der Waals surface area contributed by atoms with Gasteiger partial charge in [0, 0.05) is 5.41 Å². The highest BCUT2D eigenvalue weighted by Gasteiger charge is 2.32. The average Bonchev–Trinajstić information content (AvgIpc) is 2.26. The third-order valence-corrected chi connectivity index (χ3v) is 2.96. The third-order valence-electron chi connectivity index (χ3n) is 2.34. The second-order valence-electron chi connectivity index (χ2n) is 5.10. The van der Waals surface area contributed by atoms with Crippen LogP contribution in [-0.2, 0) is 4.79 Å². The Bertz CT molecular complexity index is 493. The van der Waals surface area contributed by atoms with E-state index in [0.29, 0.717) is 0 Å². The molecule has 0 unspecified atom stereocenters. The predicted octanol–water partition coefficient (Wildman–Crippen LogP) is 4.34. The third kappa shape index (κ3) is 5.40. The van der Waals surface area contributed by atoms with E-state index in [1.165, 1.54) is 12.1 Å². The van der Waals surface area contributed by atoms with Gasteiger partial charge in [-0.3, -0.25) is 4.79 Å². The lowest BCUT2D eigenvalue weighted by Gasteiger charge is -2.17. The number of alkyl halides is 3. The molecule has 0 saturated carbocycles. The number of rotatable bonds is 4. The van der Waals surface area contributed by atoms with Crippen molar-refractivity contribution in [1.29, 1.82) is 0 Å². The maximum Gasteiger partial charge on any atom is 0.573 e. The molecule has 0 radical (unpaired) electrons. The van der Waals surface area contributed by atoms with Crippen molar-refractivity contribution in [3.63, 3.8) is 0 Å². The first-order valence-electron chi connectivity index (χ1n) is 5.70. The summed E-state index contributed by atoms with van der Waals surface area (Å²) in [6.07, 6.45) is -4.76. The molecule has 20 heavy (non-hydrogen) atoms. The van der Waals surface area contributed by atoms with E-state index in [-0.39, 0.29) is 28.4 Å². The van der Waals surface area contributed by atoms with E-state index in [0.717, 1.165) is 6.07 Å². The minimum absolute atomic E-state index is 0.0931. The Morgan fingerprint density at radius 3 is 2.30 bits per heavy atom. The molecule has 3 nitrogen and oxygen atoms in total. The topological polar surface area (TPSA) is 35.5 Å². The van der Waals surface area contributed by atoms with Crippen LogP contribution in [0.4, 0.5) is 13.2 Å².